The number of aromatic nitrogens is 3. The number of benzene rings is 1. The first-order chi connectivity index (χ1) is 9.95. The van der Waals surface area contributed by atoms with Crippen LogP contribution in [0.15, 0.2) is 36.9 Å². The number of rotatable bonds is 3. The van der Waals surface area contributed by atoms with Crippen molar-refractivity contribution in [2.75, 3.05) is 11.4 Å². The molecule has 1 atom stereocenters. The van der Waals surface area contributed by atoms with Crippen molar-refractivity contribution in [3.8, 4) is 5.69 Å². The summed E-state index contributed by atoms with van der Waals surface area (Å²) >= 11 is 0. The van der Waals surface area contributed by atoms with Crippen LogP contribution in [0, 0.1) is 0 Å². The van der Waals surface area contributed by atoms with Gasteiger partial charge in [-0.15, -0.1) is 3.89 Å². The van der Waals surface area contributed by atoms with Crippen LogP contribution in [0.4, 0.5) is 9.57 Å². The molecule has 0 spiro atoms. The summed E-state index contributed by atoms with van der Waals surface area (Å²) in [6.07, 6.45) is 2.60. The lowest BCUT2D eigenvalue weighted by molar-refractivity contribution is -0.117. The van der Waals surface area contributed by atoms with E-state index in [0.717, 1.165) is 5.69 Å². The summed E-state index contributed by atoms with van der Waals surface area (Å²) in [5, 5.41) is 2.68. The molecular formula is C12H11FN4O3S. The summed E-state index contributed by atoms with van der Waals surface area (Å²) in [5.74, 6) is -0.408. The number of carbonyl (C=O) groups is 1. The van der Waals surface area contributed by atoms with Crippen molar-refractivity contribution in [3.63, 3.8) is 0 Å². The van der Waals surface area contributed by atoms with E-state index in [2.05, 4.69) is 10.1 Å². The number of carbonyl (C=O) groups excluding carboxylic acids is 1. The number of hydrogen-bond acceptors (Lipinski definition) is 5. The maximum absolute atomic E-state index is 13.0. The summed E-state index contributed by atoms with van der Waals surface area (Å²) in [6, 6.07) is 6.74. The molecular weight excluding hydrogens is 299 g/mol. The van der Waals surface area contributed by atoms with Gasteiger partial charge in [-0.25, -0.2) is 9.67 Å². The second kappa shape index (κ2) is 4.92. The first-order valence-corrected chi connectivity index (χ1v) is 7.59. The normalized spacial score (nSPS) is 19.2. The van der Waals surface area contributed by atoms with E-state index < -0.39 is 21.4 Å². The van der Waals surface area contributed by atoms with E-state index in [1.54, 1.807) is 28.9 Å². The molecule has 1 aliphatic rings. The zero-order chi connectivity index (χ0) is 15.0. The molecule has 1 saturated heterocycles. The van der Waals surface area contributed by atoms with Crippen LogP contribution in [0.3, 0.4) is 0 Å². The largest absolute Gasteiger partial charge is 0.311 e. The van der Waals surface area contributed by atoms with Crippen LogP contribution in [-0.2, 0) is 15.0 Å². The highest BCUT2D eigenvalue weighted by atomic mass is 32.3. The number of halogens is 1. The van der Waals surface area contributed by atoms with Gasteiger partial charge >= 0.3 is 10.2 Å². The molecule has 0 radical (unpaired) electrons. The number of nitrogens with zero attached hydrogens (tertiary/aromatic N) is 4. The Morgan fingerprint density at radius 1 is 1.19 bits per heavy atom. The summed E-state index contributed by atoms with van der Waals surface area (Å²) in [6.45, 7) is -0.166. The third-order valence-electron chi connectivity index (χ3n) is 3.33. The van der Waals surface area contributed by atoms with Crippen molar-refractivity contribution in [2.45, 2.75) is 11.7 Å². The maximum atomic E-state index is 13.0. The van der Waals surface area contributed by atoms with Gasteiger partial charge in [0, 0.05) is 18.7 Å². The van der Waals surface area contributed by atoms with Gasteiger partial charge in [-0.2, -0.15) is 13.5 Å². The molecule has 1 aromatic heterocycles. The Labute approximate surface area is 120 Å². The van der Waals surface area contributed by atoms with Crippen LogP contribution in [0.1, 0.15) is 6.42 Å². The van der Waals surface area contributed by atoms with E-state index in [9.17, 15) is 17.1 Å². The van der Waals surface area contributed by atoms with E-state index in [4.69, 9.17) is 0 Å². The van der Waals surface area contributed by atoms with Crippen molar-refractivity contribution < 1.29 is 17.1 Å². The lowest BCUT2D eigenvalue weighted by atomic mass is 10.2. The minimum absolute atomic E-state index is 0.166. The van der Waals surface area contributed by atoms with E-state index in [1.165, 1.54) is 17.6 Å². The molecule has 0 N–H and O–H groups in total. The molecule has 2 aromatic rings. The molecule has 1 unspecified atom stereocenters. The Kier molecular flexibility index (Phi) is 3.20. The molecule has 1 amide bonds. The fourth-order valence-corrected chi connectivity index (χ4v) is 2.91. The van der Waals surface area contributed by atoms with Crippen LogP contribution in [-0.4, -0.2) is 40.9 Å². The van der Waals surface area contributed by atoms with Crippen LogP contribution in [0.25, 0.3) is 5.69 Å². The molecule has 1 aliphatic heterocycles. The monoisotopic (exact) mass is 310 g/mol. The van der Waals surface area contributed by atoms with Crippen LogP contribution < -0.4 is 4.90 Å². The van der Waals surface area contributed by atoms with Crippen LogP contribution in [0.2, 0.25) is 0 Å². The second-order valence-electron chi connectivity index (χ2n) is 4.66. The number of anilines is 1. The molecule has 2 heterocycles. The quantitative estimate of drug-likeness (QED) is 0.778. The first kappa shape index (κ1) is 13.7. The SMILES string of the molecule is O=C1CC(S(=O)(=O)F)CN1c1ccc(-n2cncn2)cc1. The van der Waals surface area contributed by atoms with Crippen molar-refractivity contribution in [3.05, 3.63) is 36.9 Å². The van der Waals surface area contributed by atoms with Gasteiger partial charge < -0.3 is 4.90 Å². The summed E-state index contributed by atoms with van der Waals surface area (Å²) in [4.78, 5) is 16.9. The van der Waals surface area contributed by atoms with Gasteiger partial charge in [-0.3, -0.25) is 4.79 Å². The highest BCUT2D eigenvalue weighted by Crippen LogP contribution is 2.26. The predicted molar refractivity (Wildman–Crippen MR) is 72.1 cm³/mol. The molecule has 21 heavy (non-hydrogen) atoms. The average molecular weight is 310 g/mol. The van der Waals surface area contributed by atoms with E-state index in [1.807, 2.05) is 0 Å². The van der Waals surface area contributed by atoms with Gasteiger partial charge in [0.15, 0.2) is 0 Å². The summed E-state index contributed by atoms with van der Waals surface area (Å²) in [5.41, 5.74) is 1.27. The topological polar surface area (TPSA) is 85.2 Å². The molecule has 0 bridgehead atoms. The van der Waals surface area contributed by atoms with E-state index in [0.29, 0.717) is 5.69 Å². The van der Waals surface area contributed by atoms with Crippen molar-refractivity contribution >= 4 is 21.8 Å². The summed E-state index contributed by atoms with van der Waals surface area (Å²) in [7, 11) is -4.70. The van der Waals surface area contributed by atoms with E-state index >= 15 is 0 Å². The molecule has 1 fully saturated rings. The van der Waals surface area contributed by atoms with Gasteiger partial charge in [0.2, 0.25) is 5.91 Å². The molecule has 0 aliphatic carbocycles. The highest BCUT2D eigenvalue weighted by Gasteiger charge is 2.38. The van der Waals surface area contributed by atoms with E-state index in [-0.39, 0.29) is 13.0 Å². The van der Waals surface area contributed by atoms with Crippen molar-refractivity contribution in [1.29, 1.82) is 0 Å². The maximum Gasteiger partial charge on any atom is 0.307 e. The standard InChI is InChI=1S/C12H11FN4O3S/c13-21(19,20)11-5-12(18)16(6-11)9-1-3-10(4-2-9)17-8-14-7-15-17/h1-4,7-8,11H,5-6H2. The zero-order valence-electron chi connectivity index (χ0n) is 10.8. The Bertz CT molecular complexity index is 758. The lowest BCUT2D eigenvalue weighted by Crippen LogP contribution is -2.26. The smallest absolute Gasteiger partial charge is 0.307 e. The van der Waals surface area contributed by atoms with Gasteiger partial charge in [0.05, 0.1) is 5.69 Å². The summed E-state index contributed by atoms with van der Waals surface area (Å²) < 4.78 is 36.3. The first-order valence-electron chi connectivity index (χ1n) is 6.14. The zero-order valence-corrected chi connectivity index (χ0v) is 11.6. The third kappa shape index (κ3) is 2.64. The lowest BCUT2D eigenvalue weighted by Gasteiger charge is -2.16. The fraction of sp³-hybridized carbons (Fsp3) is 0.250. The van der Waals surface area contributed by atoms with Crippen LogP contribution in [0.5, 0.6) is 0 Å². The Morgan fingerprint density at radius 3 is 2.38 bits per heavy atom. The van der Waals surface area contributed by atoms with Gasteiger partial charge in [-0.1, -0.05) is 0 Å². The fourth-order valence-electron chi connectivity index (χ4n) is 2.24. The number of amides is 1. The Hall–Kier alpha value is -2.29. The van der Waals surface area contributed by atoms with Crippen molar-refractivity contribution in [2.24, 2.45) is 0 Å². The van der Waals surface area contributed by atoms with Gasteiger partial charge in [-0.05, 0) is 24.3 Å². The minimum Gasteiger partial charge on any atom is -0.311 e. The molecule has 0 saturated carbocycles. The number of hydrogen-bond donors (Lipinski definition) is 0. The molecule has 9 heteroatoms. The minimum atomic E-state index is -4.70. The Balaban J connectivity index is 1.83. The molecule has 1 aromatic carbocycles. The predicted octanol–water partition coefficient (Wildman–Crippen LogP) is 0.672. The third-order valence-corrected chi connectivity index (χ3v) is 4.44. The molecule has 110 valence electrons. The molecule has 7 nitrogen and oxygen atoms in total. The average Bonchev–Trinajstić information content (AvgIpc) is 3.07. The molecule has 3 rings (SSSR count). The van der Waals surface area contributed by atoms with Crippen LogP contribution >= 0.6 is 0 Å². The van der Waals surface area contributed by atoms with Gasteiger partial charge in [0.25, 0.3) is 0 Å². The highest BCUT2D eigenvalue weighted by molar-refractivity contribution is 7.87. The van der Waals surface area contributed by atoms with Crippen molar-refractivity contribution in [1.82, 2.24) is 14.8 Å². The second-order valence-corrected chi connectivity index (χ2v) is 6.28. The Morgan fingerprint density at radius 2 is 1.86 bits per heavy atom. The van der Waals surface area contributed by atoms with Gasteiger partial charge in [0.1, 0.15) is 17.9 Å².